The summed E-state index contributed by atoms with van der Waals surface area (Å²) in [5.41, 5.74) is 5.62. The molecule has 0 radical (unpaired) electrons. The Hall–Kier alpha value is -0.850. The van der Waals surface area contributed by atoms with Gasteiger partial charge in [-0.2, -0.15) is 4.57 Å². The SMILES string of the molecule is CCC(C)[n+]1c(C)cc(C)c(C)c1C. The maximum atomic E-state index is 2.45. The molecule has 0 saturated heterocycles. The van der Waals surface area contributed by atoms with Gasteiger partial charge in [-0.25, -0.2) is 0 Å². The lowest BCUT2D eigenvalue weighted by atomic mass is 10.1. The summed E-state index contributed by atoms with van der Waals surface area (Å²) in [6.45, 7) is 13.4. The summed E-state index contributed by atoms with van der Waals surface area (Å²) in [4.78, 5) is 0. The minimum absolute atomic E-state index is 0.606. The first kappa shape index (κ1) is 11.2. The number of rotatable bonds is 2. The van der Waals surface area contributed by atoms with Crippen molar-refractivity contribution in [1.29, 1.82) is 0 Å². The van der Waals surface area contributed by atoms with E-state index in [0.717, 1.165) is 0 Å². The molecule has 0 aromatic carbocycles. The van der Waals surface area contributed by atoms with Gasteiger partial charge in [0.05, 0.1) is 0 Å². The van der Waals surface area contributed by atoms with Gasteiger partial charge in [0.2, 0.25) is 0 Å². The lowest BCUT2D eigenvalue weighted by molar-refractivity contribution is -0.731. The number of aromatic nitrogens is 1. The third-order valence-electron chi connectivity index (χ3n) is 3.33. The van der Waals surface area contributed by atoms with Crippen molar-refractivity contribution in [2.75, 3.05) is 0 Å². The van der Waals surface area contributed by atoms with E-state index in [2.05, 4.69) is 52.2 Å². The van der Waals surface area contributed by atoms with Crippen molar-refractivity contribution in [3.05, 3.63) is 28.6 Å². The molecule has 1 heteroatoms. The molecule has 0 N–H and O–H groups in total. The number of hydrogen-bond acceptors (Lipinski definition) is 0. The summed E-state index contributed by atoms with van der Waals surface area (Å²) < 4.78 is 2.45. The smallest absolute Gasteiger partial charge is 0.181 e. The van der Waals surface area contributed by atoms with Crippen LogP contribution in [0.25, 0.3) is 0 Å². The molecule has 78 valence electrons. The molecule has 0 aliphatic rings. The van der Waals surface area contributed by atoms with E-state index in [1.165, 1.54) is 28.9 Å². The van der Waals surface area contributed by atoms with Crippen molar-refractivity contribution in [1.82, 2.24) is 0 Å². The van der Waals surface area contributed by atoms with Crippen LogP contribution in [0.5, 0.6) is 0 Å². The number of hydrogen-bond donors (Lipinski definition) is 0. The molecule has 1 heterocycles. The van der Waals surface area contributed by atoms with Crippen molar-refractivity contribution in [3.63, 3.8) is 0 Å². The van der Waals surface area contributed by atoms with Crippen LogP contribution in [-0.4, -0.2) is 0 Å². The first-order valence-electron chi connectivity index (χ1n) is 5.48. The normalized spacial score (nSPS) is 13.0. The maximum Gasteiger partial charge on any atom is 0.181 e. The van der Waals surface area contributed by atoms with Gasteiger partial charge in [-0.1, -0.05) is 6.92 Å². The molecular weight excluding hydrogens is 170 g/mol. The molecule has 1 rings (SSSR count). The first-order valence-corrected chi connectivity index (χ1v) is 5.48. The first-order chi connectivity index (χ1) is 6.49. The van der Waals surface area contributed by atoms with Crippen molar-refractivity contribution in [2.45, 2.75) is 54.0 Å². The van der Waals surface area contributed by atoms with Crippen LogP contribution in [0.2, 0.25) is 0 Å². The standard InChI is InChI=1S/C13H22N/c1-7-10(3)14-11(4)8-9(2)12(5)13(14)6/h8,10H,7H2,1-6H3/q+1. The van der Waals surface area contributed by atoms with Crippen LogP contribution < -0.4 is 4.57 Å². The fourth-order valence-electron chi connectivity index (χ4n) is 2.08. The van der Waals surface area contributed by atoms with E-state index in [1.54, 1.807) is 0 Å². The van der Waals surface area contributed by atoms with Crippen LogP contribution in [0.15, 0.2) is 6.07 Å². The monoisotopic (exact) mass is 192 g/mol. The van der Waals surface area contributed by atoms with Crippen LogP contribution in [0.1, 0.15) is 48.8 Å². The molecular formula is C13H22N+. The number of aryl methyl sites for hydroxylation is 2. The summed E-state index contributed by atoms with van der Waals surface area (Å²) in [6.07, 6.45) is 1.19. The molecule has 0 spiro atoms. The topological polar surface area (TPSA) is 3.88 Å². The van der Waals surface area contributed by atoms with Gasteiger partial charge in [-0.3, -0.25) is 0 Å². The Morgan fingerprint density at radius 2 is 1.79 bits per heavy atom. The zero-order valence-corrected chi connectivity index (χ0v) is 10.3. The predicted molar refractivity (Wildman–Crippen MR) is 60.6 cm³/mol. The van der Waals surface area contributed by atoms with Gasteiger partial charge in [-0.05, 0) is 26.3 Å². The van der Waals surface area contributed by atoms with Gasteiger partial charge in [0, 0.05) is 31.9 Å². The molecule has 0 bridgehead atoms. The van der Waals surface area contributed by atoms with Gasteiger partial charge < -0.3 is 0 Å². The summed E-state index contributed by atoms with van der Waals surface area (Å²) >= 11 is 0. The molecule has 1 aromatic rings. The second-order valence-corrected chi connectivity index (χ2v) is 4.31. The number of nitrogens with zero attached hydrogens (tertiary/aromatic N) is 1. The molecule has 0 fully saturated rings. The second kappa shape index (κ2) is 4.12. The minimum atomic E-state index is 0.606. The summed E-state index contributed by atoms with van der Waals surface area (Å²) in [5, 5.41) is 0. The molecule has 1 unspecified atom stereocenters. The molecule has 0 aliphatic heterocycles. The average Bonchev–Trinajstić information content (AvgIpc) is 2.14. The molecule has 0 amide bonds. The highest BCUT2D eigenvalue weighted by Gasteiger charge is 2.19. The summed E-state index contributed by atoms with van der Waals surface area (Å²) in [5.74, 6) is 0. The van der Waals surface area contributed by atoms with Crippen LogP contribution >= 0.6 is 0 Å². The van der Waals surface area contributed by atoms with Crippen molar-refractivity contribution < 1.29 is 4.57 Å². The minimum Gasteiger partial charge on any atom is -0.198 e. The van der Waals surface area contributed by atoms with Gasteiger partial charge >= 0.3 is 0 Å². The zero-order valence-electron chi connectivity index (χ0n) is 10.3. The molecule has 0 aliphatic carbocycles. The maximum absolute atomic E-state index is 2.45. The van der Waals surface area contributed by atoms with E-state index in [1.807, 2.05) is 0 Å². The predicted octanol–water partition coefficient (Wildman–Crippen LogP) is 3.18. The third kappa shape index (κ3) is 1.82. The van der Waals surface area contributed by atoms with E-state index >= 15 is 0 Å². The quantitative estimate of drug-likeness (QED) is 0.634. The Morgan fingerprint density at radius 3 is 2.29 bits per heavy atom. The largest absolute Gasteiger partial charge is 0.198 e. The van der Waals surface area contributed by atoms with Gasteiger partial charge in [0.25, 0.3) is 0 Å². The van der Waals surface area contributed by atoms with Crippen LogP contribution in [-0.2, 0) is 0 Å². The fourth-order valence-corrected chi connectivity index (χ4v) is 2.08. The lowest BCUT2D eigenvalue weighted by Crippen LogP contribution is -2.44. The van der Waals surface area contributed by atoms with E-state index in [9.17, 15) is 0 Å². The fraction of sp³-hybridized carbons (Fsp3) is 0.615. The van der Waals surface area contributed by atoms with E-state index in [4.69, 9.17) is 0 Å². The molecule has 1 aromatic heterocycles. The highest BCUT2D eigenvalue weighted by molar-refractivity contribution is 5.25. The second-order valence-electron chi connectivity index (χ2n) is 4.31. The molecule has 0 saturated carbocycles. The van der Waals surface area contributed by atoms with Gasteiger partial charge in [-0.15, -0.1) is 0 Å². The summed E-state index contributed by atoms with van der Waals surface area (Å²) in [6, 6.07) is 2.89. The van der Waals surface area contributed by atoms with E-state index < -0.39 is 0 Å². The highest BCUT2D eigenvalue weighted by atomic mass is 15.0. The average molecular weight is 192 g/mol. The molecule has 14 heavy (non-hydrogen) atoms. The third-order valence-corrected chi connectivity index (χ3v) is 3.33. The molecule has 1 atom stereocenters. The van der Waals surface area contributed by atoms with Crippen LogP contribution in [0.3, 0.4) is 0 Å². The van der Waals surface area contributed by atoms with E-state index in [0.29, 0.717) is 6.04 Å². The molecule has 1 nitrogen and oxygen atoms in total. The highest BCUT2D eigenvalue weighted by Crippen LogP contribution is 2.13. The number of pyridine rings is 1. The zero-order chi connectivity index (χ0) is 10.9. The Balaban J connectivity index is 3.36. The van der Waals surface area contributed by atoms with Crippen molar-refractivity contribution in [2.24, 2.45) is 0 Å². The van der Waals surface area contributed by atoms with Gasteiger partial charge in [0.15, 0.2) is 17.4 Å². The van der Waals surface area contributed by atoms with Gasteiger partial charge in [0.1, 0.15) is 0 Å². The van der Waals surface area contributed by atoms with Crippen molar-refractivity contribution >= 4 is 0 Å². The lowest BCUT2D eigenvalue weighted by Gasteiger charge is -2.13. The van der Waals surface area contributed by atoms with E-state index in [-0.39, 0.29) is 0 Å². The van der Waals surface area contributed by atoms with Crippen LogP contribution in [0.4, 0.5) is 0 Å². The Labute approximate surface area is 87.8 Å². The Morgan fingerprint density at radius 1 is 1.21 bits per heavy atom. The Kier molecular flexibility index (Phi) is 3.30. The van der Waals surface area contributed by atoms with Crippen molar-refractivity contribution in [3.8, 4) is 0 Å². The summed E-state index contributed by atoms with van der Waals surface area (Å²) in [7, 11) is 0. The Bertz CT molecular complexity index is 340. The van der Waals surface area contributed by atoms with Crippen LogP contribution in [0, 0.1) is 27.7 Å².